The van der Waals surface area contributed by atoms with Gasteiger partial charge in [-0.1, -0.05) is 40.2 Å². The van der Waals surface area contributed by atoms with E-state index in [9.17, 15) is 15.0 Å². The van der Waals surface area contributed by atoms with E-state index in [1.807, 2.05) is 19.9 Å². The van der Waals surface area contributed by atoms with Crippen molar-refractivity contribution < 1.29 is 19.7 Å². The molecule has 2 N–H and O–H groups in total. The third kappa shape index (κ3) is 1.56. The van der Waals surface area contributed by atoms with Crippen molar-refractivity contribution in [1.82, 2.24) is 0 Å². The van der Waals surface area contributed by atoms with Gasteiger partial charge in [0.2, 0.25) is 0 Å². The highest BCUT2D eigenvalue weighted by atomic mass is 16.6. The van der Waals surface area contributed by atoms with Crippen molar-refractivity contribution in [2.24, 2.45) is 22.7 Å². The van der Waals surface area contributed by atoms with E-state index in [2.05, 4.69) is 13.8 Å². The van der Waals surface area contributed by atoms with Crippen LogP contribution in [0.1, 0.15) is 66.2 Å². The Bertz CT molecular complexity index is 621. The van der Waals surface area contributed by atoms with Crippen LogP contribution in [-0.2, 0) is 9.53 Å². The number of aliphatic hydroxyl groups excluding tert-OH is 1. The number of carbonyl (C=O) groups excluding carboxylic acids is 1. The van der Waals surface area contributed by atoms with Crippen LogP contribution in [0.5, 0.6) is 0 Å². The molecule has 4 aliphatic rings. The molecule has 4 nitrogen and oxygen atoms in total. The Labute approximate surface area is 144 Å². The smallest absolute Gasteiger partial charge is 0.317 e. The lowest BCUT2D eigenvalue weighted by Gasteiger charge is -2.73. The second-order valence-electron chi connectivity index (χ2n) is 9.51. The molecule has 0 aromatic carbocycles. The van der Waals surface area contributed by atoms with Crippen LogP contribution in [0, 0.1) is 22.7 Å². The van der Waals surface area contributed by atoms with Gasteiger partial charge in [0.05, 0.1) is 0 Å². The highest BCUT2D eigenvalue weighted by Gasteiger charge is 2.83. The summed E-state index contributed by atoms with van der Waals surface area (Å²) in [5.41, 5.74) is -1.95. The Hall–Kier alpha value is -0.870. The van der Waals surface area contributed by atoms with Crippen molar-refractivity contribution in [3.8, 4) is 0 Å². The molecule has 1 aliphatic heterocycles. The van der Waals surface area contributed by atoms with E-state index < -0.39 is 22.7 Å². The molecule has 0 bridgehead atoms. The standard InChI is InChI=1S/C20H30O4/c1-12(2)13-6-11-20-18(16(22)24-20)9-5-8-17(3,4)14(18)7-10-19(20,23)15(13)21/h6,12,14-15,21,23H,5,7-11H2,1-4H3/t14-,15-,18-,19-,20-/m0/s1. The maximum Gasteiger partial charge on any atom is 0.317 e. The van der Waals surface area contributed by atoms with Gasteiger partial charge in [-0.3, -0.25) is 4.79 Å². The van der Waals surface area contributed by atoms with Crippen LogP contribution in [0.25, 0.3) is 0 Å². The molecule has 5 atom stereocenters. The van der Waals surface area contributed by atoms with Gasteiger partial charge in [-0.15, -0.1) is 0 Å². The maximum absolute atomic E-state index is 12.8. The monoisotopic (exact) mass is 334 g/mol. The molecule has 0 aromatic rings. The number of aliphatic hydroxyl groups is 2. The van der Waals surface area contributed by atoms with Crippen molar-refractivity contribution in [3.63, 3.8) is 0 Å². The fourth-order valence-electron chi connectivity index (χ4n) is 6.66. The van der Waals surface area contributed by atoms with E-state index in [1.54, 1.807) is 0 Å². The molecule has 3 aliphatic carbocycles. The summed E-state index contributed by atoms with van der Waals surface area (Å²) < 4.78 is 5.80. The number of hydrogen-bond acceptors (Lipinski definition) is 4. The molecular weight excluding hydrogens is 304 g/mol. The first-order valence-electron chi connectivity index (χ1n) is 9.46. The van der Waals surface area contributed by atoms with E-state index in [0.717, 1.165) is 31.3 Å². The molecule has 4 heteroatoms. The Morgan fingerprint density at radius 1 is 1.25 bits per heavy atom. The van der Waals surface area contributed by atoms with E-state index >= 15 is 0 Å². The van der Waals surface area contributed by atoms with Gasteiger partial charge in [0.1, 0.15) is 17.1 Å². The molecule has 1 saturated heterocycles. The fourth-order valence-corrected chi connectivity index (χ4v) is 6.66. The van der Waals surface area contributed by atoms with Gasteiger partial charge in [-0.25, -0.2) is 0 Å². The van der Waals surface area contributed by atoms with Gasteiger partial charge in [-0.2, -0.15) is 0 Å². The van der Waals surface area contributed by atoms with Crippen LogP contribution >= 0.6 is 0 Å². The Balaban J connectivity index is 1.87. The Morgan fingerprint density at radius 2 is 1.96 bits per heavy atom. The summed E-state index contributed by atoms with van der Waals surface area (Å²) in [7, 11) is 0. The first kappa shape index (κ1) is 16.6. The van der Waals surface area contributed by atoms with Crippen molar-refractivity contribution in [2.45, 2.75) is 83.5 Å². The summed E-state index contributed by atoms with van der Waals surface area (Å²) in [5, 5.41) is 22.6. The van der Waals surface area contributed by atoms with Gasteiger partial charge in [0.25, 0.3) is 0 Å². The molecular formula is C20H30O4. The summed E-state index contributed by atoms with van der Waals surface area (Å²) in [6.45, 7) is 8.57. The Morgan fingerprint density at radius 3 is 2.58 bits per heavy atom. The number of ether oxygens (including phenoxy) is 1. The SMILES string of the molecule is CC(C)C1=CC[C@]23OC(=O)[C@@]24CCCC(C)(C)[C@@H]4CC[C@]3(O)[C@H]1O. The highest BCUT2D eigenvalue weighted by Crippen LogP contribution is 2.72. The molecule has 4 rings (SSSR count). The molecule has 3 fully saturated rings. The van der Waals surface area contributed by atoms with Crippen LogP contribution in [0.2, 0.25) is 0 Å². The topological polar surface area (TPSA) is 66.8 Å². The van der Waals surface area contributed by atoms with Gasteiger partial charge >= 0.3 is 5.97 Å². The van der Waals surface area contributed by atoms with Gasteiger partial charge in [0.15, 0.2) is 5.60 Å². The minimum Gasteiger partial charge on any atom is -0.454 e. The summed E-state index contributed by atoms with van der Waals surface area (Å²) in [6, 6.07) is 0. The van der Waals surface area contributed by atoms with Gasteiger partial charge in [-0.05, 0) is 48.5 Å². The lowest BCUT2D eigenvalue weighted by Crippen LogP contribution is -2.85. The van der Waals surface area contributed by atoms with Crippen LogP contribution in [0.4, 0.5) is 0 Å². The summed E-state index contributed by atoms with van der Waals surface area (Å²) in [4.78, 5) is 12.8. The van der Waals surface area contributed by atoms with Crippen LogP contribution in [-0.4, -0.2) is 33.5 Å². The molecule has 2 spiro atoms. The van der Waals surface area contributed by atoms with Crippen LogP contribution in [0.15, 0.2) is 11.6 Å². The Kier molecular flexibility index (Phi) is 3.21. The first-order valence-corrected chi connectivity index (χ1v) is 9.46. The van der Waals surface area contributed by atoms with Crippen LogP contribution < -0.4 is 0 Å². The normalized spacial score (nSPS) is 49.3. The van der Waals surface area contributed by atoms with Crippen molar-refractivity contribution in [1.29, 1.82) is 0 Å². The highest BCUT2D eigenvalue weighted by molar-refractivity contribution is 5.87. The number of hydrogen-bond donors (Lipinski definition) is 2. The van der Waals surface area contributed by atoms with Crippen molar-refractivity contribution >= 4 is 5.97 Å². The number of esters is 1. The average molecular weight is 334 g/mol. The largest absolute Gasteiger partial charge is 0.454 e. The molecule has 1 heterocycles. The van der Waals surface area contributed by atoms with Crippen molar-refractivity contribution in [2.75, 3.05) is 0 Å². The van der Waals surface area contributed by atoms with E-state index in [1.165, 1.54) is 0 Å². The zero-order valence-electron chi connectivity index (χ0n) is 15.3. The first-order chi connectivity index (χ1) is 11.1. The third-order valence-electron chi connectivity index (χ3n) is 7.86. The molecule has 0 amide bonds. The predicted octanol–water partition coefficient (Wildman–Crippen LogP) is 2.97. The zero-order chi connectivity index (χ0) is 17.5. The predicted molar refractivity (Wildman–Crippen MR) is 90.1 cm³/mol. The molecule has 24 heavy (non-hydrogen) atoms. The van der Waals surface area contributed by atoms with Crippen LogP contribution in [0.3, 0.4) is 0 Å². The van der Waals surface area contributed by atoms with E-state index in [-0.39, 0.29) is 23.2 Å². The average Bonchev–Trinajstić information content (AvgIpc) is 2.48. The third-order valence-corrected chi connectivity index (χ3v) is 7.86. The molecule has 134 valence electrons. The van der Waals surface area contributed by atoms with E-state index in [4.69, 9.17) is 4.74 Å². The molecule has 0 radical (unpaired) electrons. The zero-order valence-corrected chi connectivity index (χ0v) is 15.3. The second kappa shape index (κ2) is 4.64. The minimum atomic E-state index is -1.35. The fraction of sp³-hybridized carbons (Fsp3) is 0.850. The second-order valence-corrected chi connectivity index (χ2v) is 9.51. The quantitative estimate of drug-likeness (QED) is 0.571. The lowest BCUT2D eigenvalue weighted by molar-refractivity contribution is -0.358. The molecule has 0 unspecified atom stereocenters. The number of rotatable bonds is 1. The van der Waals surface area contributed by atoms with E-state index in [0.29, 0.717) is 12.8 Å². The molecule has 2 saturated carbocycles. The van der Waals surface area contributed by atoms with Gasteiger partial charge < -0.3 is 14.9 Å². The summed E-state index contributed by atoms with van der Waals surface area (Å²) >= 11 is 0. The summed E-state index contributed by atoms with van der Waals surface area (Å²) in [5.74, 6) is 0.252. The minimum absolute atomic E-state index is 0.0685. The van der Waals surface area contributed by atoms with Gasteiger partial charge in [0, 0.05) is 6.42 Å². The number of carbonyl (C=O) groups is 1. The van der Waals surface area contributed by atoms with Crippen molar-refractivity contribution in [3.05, 3.63) is 11.6 Å². The maximum atomic E-state index is 12.8. The molecule has 0 aromatic heterocycles. The summed E-state index contributed by atoms with van der Waals surface area (Å²) in [6.07, 6.45) is 5.77. The lowest BCUT2D eigenvalue weighted by atomic mass is 9.38.